The van der Waals surface area contributed by atoms with Gasteiger partial charge < -0.3 is 20.3 Å². The number of ether oxygens (including phenoxy) is 1. The molecule has 194 valence electrons. The number of methoxy groups -OCH3 is 1. The zero-order valence-corrected chi connectivity index (χ0v) is 22.0. The Labute approximate surface area is 213 Å². The molecule has 0 saturated heterocycles. The molecule has 2 aromatic rings. The Balaban J connectivity index is 2.03. The minimum atomic E-state index is -0.564. The van der Waals surface area contributed by atoms with Gasteiger partial charge in [-0.3, -0.25) is 0 Å². The number of aryl methyl sites for hydroxylation is 1. The first-order chi connectivity index (χ1) is 17.2. The van der Waals surface area contributed by atoms with Gasteiger partial charge in [0.25, 0.3) is 0 Å². The number of hydrogen-bond donors (Lipinski definition) is 2. The highest BCUT2D eigenvalue weighted by Gasteiger charge is 2.26. The molecule has 0 atom stereocenters. The van der Waals surface area contributed by atoms with E-state index in [0.717, 1.165) is 37.8 Å². The Morgan fingerprint density at radius 1 is 1.11 bits per heavy atom. The number of nitrogens with zero attached hydrogens (tertiary/aromatic N) is 1. The van der Waals surface area contributed by atoms with Crippen LogP contribution in [0.2, 0.25) is 0 Å². The number of rotatable bonds is 8. The number of carbonyl (C=O) groups is 2. The molecule has 2 N–H and O–H groups in total. The zero-order chi connectivity index (χ0) is 26.2. The molecule has 1 aliphatic carbocycles. The van der Waals surface area contributed by atoms with Crippen molar-refractivity contribution in [2.45, 2.75) is 65.8 Å². The maximum Gasteiger partial charge on any atom is 0.330 e. The van der Waals surface area contributed by atoms with E-state index < -0.39 is 17.8 Å². The minimum Gasteiger partial charge on any atom is -0.466 e. The summed E-state index contributed by atoms with van der Waals surface area (Å²) < 4.78 is 20.2. The summed E-state index contributed by atoms with van der Waals surface area (Å²) in [5.74, 6) is -0.659. The molecule has 0 unspecified atom stereocenters. The smallest absolute Gasteiger partial charge is 0.330 e. The van der Waals surface area contributed by atoms with E-state index in [1.807, 2.05) is 31.2 Å². The summed E-state index contributed by atoms with van der Waals surface area (Å²) in [6.45, 7) is 8.66. The normalized spacial score (nSPS) is 14.5. The summed E-state index contributed by atoms with van der Waals surface area (Å²) in [5.41, 5.74) is 3.57. The van der Waals surface area contributed by atoms with Crippen LogP contribution in [-0.4, -0.2) is 31.7 Å². The molecule has 0 aromatic heterocycles. The van der Waals surface area contributed by atoms with E-state index in [2.05, 4.69) is 29.4 Å². The fourth-order valence-corrected chi connectivity index (χ4v) is 4.67. The van der Waals surface area contributed by atoms with E-state index >= 15 is 4.39 Å². The third-order valence-corrected chi connectivity index (χ3v) is 6.49. The Morgan fingerprint density at radius 3 is 2.39 bits per heavy atom. The molecular formula is C29H38FN3O3. The van der Waals surface area contributed by atoms with Crippen LogP contribution in [0, 0.1) is 18.7 Å². The second kappa shape index (κ2) is 12.6. The van der Waals surface area contributed by atoms with Gasteiger partial charge in [-0.05, 0) is 62.4 Å². The molecule has 0 radical (unpaired) electrons. The predicted octanol–water partition coefficient (Wildman–Crippen LogP) is 7.15. The van der Waals surface area contributed by atoms with Crippen molar-refractivity contribution in [1.29, 1.82) is 0 Å². The van der Waals surface area contributed by atoms with Crippen molar-refractivity contribution in [2.24, 2.45) is 5.92 Å². The number of allylic oxidation sites excluding steroid dienone is 1. The number of anilines is 3. The Morgan fingerprint density at radius 2 is 1.78 bits per heavy atom. The maximum atomic E-state index is 15.5. The van der Waals surface area contributed by atoms with Crippen molar-refractivity contribution in [3.05, 3.63) is 59.4 Å². The van der Waals surface area contributed by atoms with Crippen LogP contribution in [-0.2, 0) is 9.53 Å². The van der Waals surface area contributed by atoms with Gasteiger partial charge in [-0.2, -0.15) is 0 Å². The summed E-state index contributed by atoms with van der Waals surface area (Å²) in [7, 11) is 1.28. The molecule has 0 aliphatic heterocycles. The van der Waals surface area contributed by atoms with E-state index in [-0.39, 0.29) is 11.6 Å². The first-order valence-corrected chi connectivity index (χ1v) is 12.7. The lowest BCUT2D eigenvalue weighted by molar-refractivity contribution is -0.134. The third-order valence-electron chi connectivity index (χ3n) is 6.49. The molecule has 2 amide bonds. The topological polar surface area (TPSA) is 70.7 Å². The summed E-state index contributed by atoms with van der Waals surface area (Å²) in [6.07, 6.45) is 6.80. The molecular weight excluding hydrogens is 457 g/mol. The number of halogens is 1. The number of esters is 1. The Bertz CT molecular complexity index is 1090. The van der Waals surface area contributed by atoms with E-state index in [9.17, 15) is 9.59 Å². The summed E-state index contributed by atoms with van der Waals surface area (Å²) >= 11 is 0. The number of carbonyl (C=O) groups excluding carboxylic acids is 2. The lowest BCUT2D eigenvalue weighted by atomic mass is 9.92. The van der Waals surface area contributed by atoms with Crippen LogP contribution in [0.4, 0.5) is 26.2 Å². The van der Waals surface area contributed by atoms with Gasteiger partial charge in [-0.25, -0.2) is 14.0 Å². The van der Waals surface area contributed by atoms with Crippen molar-refractivity contribution >= 4 is 34.6 Å². The van der Waals surface area contributed by atoms with Crippen LogP contribution in [0.25, 0.3) is 5.57 Å². The second-order valence-electron chi connectivity index (χ2n) is 9.98. The van der Waals surface area contributed by atoms with Gasteiger partial charge in [0.2, 0.25) is 0 Å². The van der Waals surface area contributed by atoms with Gasteiger partial charge in [0.05, 0.1) is 18.5 Å². The second-order valence-corrected chi connectivity index (χ2v) is 9.98. The molecule has 36 heavy (non-hydrogen) atoms. The van der Waals surface area contributed by atoms with Crippen LogP contribution in [0.15, 0.2) is 42.5 Å². The van der Waals surface area contributed by atoms with E-state index in [4.69, 9.17) is 4.74 Å². The van der Waals surface area contributed by atoms with Gasteiger partial charge in [0, 0.05) is 29.9 Å². The fourth-order valence-electron chi connectivity index (χ4n) is 4.67. The minimum absolute atomic E-state index is 0.239. The zero-order valence-electron chi connectivity index (χ0n) is 22.0. The summed E-state index contributed by atoms with van der Waals surface area (Å²) in [4.78, 5) is 27.0. The predicted molar refractivity (Wildman–Crippen MR) is 145 cm³/mol. The SMILES string of the molecule is COC(=O)/C=C(\C)c1cc(NC(=O)Nc2ccc(C)cc2)c(N(CC(C)C)C2CCCCC2)cc1F. The number of hydrogen-bond acceptors (Lipinski definition) is 4. The van der Waals surface area contributed by atoms with Crippen molar-refractivity contribution < 1.29 is 18.7 Å². The number of benzene rings is 2. The largest absolute Gasteiger partial charge is 0.466 e. The highest BCUT2D eigenvalue weighted by Crippen LogP contribution is 2.37. The van der Waals surface area contributed by atoms with Gasteiger partial charge in [-0.1, -0.05) is 50.8 Å². The lowest BCUT2D eigenvalue weighted by Gasteiger charge is -2.38. The third kappa shape index (κ3) is 7.33. The molecule has 6 nitrogen and oxygen atoms in total. The number of amides is 2. The van der Waals surface area contributed by atoms with E-state index in [1.165, 1.54) is 25.7 Å². The average molecular weight is 496 g/mol. The van der Waals surface area contributed by atoms with Gasteiger partial charge in [0.15, 0.2) is 0 Å². The van der Waals surface area contributed by atoms with Crippen molar-refractivity contribution in [3.63, 3.8) is 0 Å². The first-order valence-electron chi connectivity index (χ1n) is 12.7. The summed E-state index contributed by atoms with van der Waals surface area (Å²) in [5, 5.41) is 5.81. The Kier molecular flexibility index (Phi) is 9.51. The molecule has 7 heteroatoms. The van der Waals surface area contributed by atoms with Crippen LogP contribution in [0.5, 0.6) is 0 Å². The van der Waals surface area contributed by atoms with Crippen LogP contribution in [0.1, 0.15) is 64.0 Å². The number of urea groups is 1. The highest BCUT2D eigenvalue weighted by atomic mass is 19.1. The van der Waals surface area contributed by atoms with Crippen molar-refractivity contribution in [1.82, 2.24) is 0 Å². The Hall–Kier alpha value is -3.35. The van der Waals surface area contributed by atoms with Crippen molar-refractivity contribution in [2.75, 3.05) is 29.2 Å². The van der Waals surface area contributed by atoms with E-state index in [0.29, 0.717) is 28.6 Å². The van der Waals surface area contributed by atoms with Crippen LogP contribution < -0.4 is 15.5 Å². The molecule has 2 aromatic carbocycles. The molecule has 1 aliphatic rings. The first kappa shape index (κ1) is 27.2. The molecule has 0 bridgehead atoms. The number of nitrogens with one attached hydrogen (secondary N) is 2. The highest BCUT2D eigenvalue weighted by molar-refractivity contribution is 6.02. The molecule has 3 rings (SSSR count). The lowest BCUT2D eigenvalue weighted by Crippen LogP contribution is -2.40. The monoisotopic (exact) mass is 495 g/mol. The molecule has 1 saturated carbocycles. The quantitative estimate of drug-likeness (QED) is 0.301. The average Bonchev–Trinajstić information content (AvgIpc) is 2.85. The fraction of sp³-hybridized carbons (Fsp3) is 0.448. The van der Waals surface area contributed by atoms with Gasteiger partial charge >= 0.3 is 12.0 Å². The van der Waals surface area contributed by atoms with Crippen LogP contribution >= 0.6 is 0 Å². The molecule has 1 fully saturated rings. The molecule has 0 heterocycles. The molecule has 0 spiro atoms. The van der Waals surface area contributed by atoms with Crippen molar-refractivity contribution in [3.8, 4) is 0 Å². The maximum absolute atomic E-state index is 15.5. The van der Waals surface area contributed by atoms with Gasteiger partial charge in [0.1, 0.15) is 5.82 Å². The van der Waals surface area contributed by atoms with Crippen LogP contribution in [0.3, 0.4) is 0 Å². The van der Waals surface area contributed by atoms with Gasteiger partial charge in [-0.15, -0.1) is 0 Å². The summed E-state index contributed by atoms with van der Waals surface area (Å²) in [6, 6.07) is 10.5. The van der Waals surface area contributed by atoms with E-state index in [1.54, 1.807) is 13.0 Å². The standard InChI is InChI=1S/C29H38FN3O3/c1-19(2)18-33(23-9-7-6-8-10-23)27-17-25(30)24(21(4)15-28(34)36-5)16-26(27)32-29(35)31-22-13-11-20(3)12-14-22/h11-17,19,23H,6-10,18H2,1-5H3,(H2,31,32,35)/b21-15+.